The topological polar surface area (TPSA) is 98.4 Å². The lowest BCUT2D eigenvalue weighted by atomic mass is 10.0. The van der Waals surface area contributed by atoms with Gasteiger partial charge in [-0.05, 0) is 57.6 Å². The van der Waals surface area contributed by atoms with Gasteiger partial charge in [-0.15, -0.1) is 0 Å². The van der Waals surface area contributed by atoms with Crippen LogP contribution in [0.4, 0.5) is 0 Å². The van der Waals surface area contributed by atoms with Crippen molar-refractivity contribution in [3.63, 3.8) is 0 Å². The van der Waals surface area contributed by atoms with Gasteiger partial charge in [-0.3, -0.25) is 18.7 Å². The number of nitrogens with zero attached hydrogens (tertiary/aromatic N) is 3. The lowest BCUT2D eigenvalue weighted by Crippen LogP contribution is -2.47. The highest BCUT2D eigenvalue weighted by atomic mass is 32.2. The Hall–Kier alpha value is -2.42. The molecule has 0 radical (unpaired) electrons. The van der Waals surface area contributed by atoms with Crippen LogP contribution in [0.25, 0.3) is 10.9 Å². The molecule has 8 nitrogen and oxygen atoms in total. The van der Waals surface area contributed by atoms with Crippen LogP contribution in [0.1, 0.15) is 64.7 Å². The summed E-state index contributed by atoms with van der Waals surface area (Å²) in [5, 5.41) is 0.0483. The number of carbonyl (C=O) groups excluding carboxylic acids is 1. The Bertz CT molecular complexity index is 1260. The molecule has 1 saturated heterocycles. The van der Waals surface area contributed by atoms with E-state index in [1.165, 1.54) is 4.57 Å². The number of sulfone groups is 1. The molecule has 2 fully saturated rings. The molecular weight excluding hydrogens is 454 g/mol. The van der Waals surface area contributed by atoms with Gasteiger partial charge in [-0.1, -0.05) is 31.4 Å². The molecule has 2 aromatic rings. The number of hydrogen-bond acceptors (Lipinski definition) is 5. The molecular formula is C25H35N3O5S. The van der Waals surface area contributed by atoms with E-state index in [-0.39, 0.29) is 42.5 Å². The Morgan fingerprint density at radius 1 is 0.971 bits per heavy atom. The van der Waals surface area contributed by atoms with Crippen molar-refractivity contribution in [3.8, 4) is 0 Å². The van der Waals surface area contributed by atoms with Crippen molar-refractivity contribution < 1.29 is 13.2 Å². The molecule has 1 aromatic carbocycles. The van der Waals surface area contributed by atoms with Crippen LogP contribution in [0.3, 0.4) is 0 Å². The third kappa shape index (κ3) is 5.14. The number of hydrogen-bond donors (Lipinski definition) is 0. The zero-order valence-electron chi connectivity index (χ0n) is 19.9. The van der Waals surface area contributed by atoms with Crippen LogP contribution in [-0.2, 0) is 27.7 Å². The second-order valence-corrected chi connectivity index (χ2v) is 12.2. The van der Waals surface area contributed by atoms with Crippen LogP contribution < -0.4 is 11.2 Å². The van der Waals surface area contributed by atoms with E-state index in [9.17, 15) is 22.8 Å². The molecule has 1 saturated carbocycles. The van der Waals surface area contributed by atoms with Gasteiger partial charge in [0.05, 0.1) is 21.9 Å². The molecule has 186 valence electrons. The lowest BCUT2D eigenvalue weighted by Gasteiger charge is -2.33. The van der Waals surface area contributed by atoms with Crippen molar-refractivity contribution in [2.45, 2.75) is 89.1 Å². The van der Waals surface area contributed by atoms with E-state index in [0.717, 1.165) is 43.1 Å². The zero-order valence-corrected chi connectivity index (χ0v) is 20.8. The van der Waals surface area contributed by atoms with E-state index in [1.54, 1.807) is 24.3 Å². The van der Waals surface area contributed by atoms with Crippen molar-refractivity contribution in [1.82, 2.24) is 14.0 Å². The number of fused-ring (bicyclic) bond motifs is 1. The van der Waals surface area contributed by atoms with Crippen LogP contribution in [0.15, 0.2) is 33.9 Å². The first-order chi connectivity index (χ1) is 16.3. The third-order valence-corrected chi connectivity index (χ3v) is 9.76. The van der Waals surface area contributed by atoms with Crippen molar-refractivity contribution in [2.24, 2.45) is 0 Å². The van der Waals surface area contributed by atoms with Crippen molar-refractivity contribution in [2.75, 3.05) is 12.3 Å². The first-order valence-corrected chi connectivity index (χ1v) is 14.2. The molecule has 1 aromatic heterocycles. The normalized spacial score (nSPS) is 20.0. The SMILES string of the molecule is C[C@@H]1CCCCN1C(=O)Cn1c(=O)n(CCCS(=O)(=O)C2CCCCC2)c(=O)c2ccccc21. The summed E-state index contributed by atoms with van der Waals surface area (Å²) in [4.78, 5) is 41.4. The number of carbonyl (C=O) groups is 1. The quantitative estimate of drug-likeness (QED) is 0.596. The Kier molecular flexibility index (Phi) is 7.60. The number of piperidine rings is 1. The molecule has 4 rings (SSSR count). The van der Waals surface area contributed by atoms with Crippen LogP contribution >= 0.6 is 0 Å². The summed E-state index contributed by atoms with van der Waals surface area (Å²) in [6.07, 6.45) is 7.50. The predicted molar refractivity (Wildman–Crippen MR) is 133 cm³/mol. The largest absolute Gasteiger partial charge is 0.338 e. The minimum Gasteiger partial charge on any atom is -0.338 e. The maximum absolute atomic E-state index is 13.4. The van der Waals surface area contributed by atoms with Crippen LogP contribution in [0, 0.1) is 0 Å². The van der Waals surface area contributed by atoms with E-state index in [1.807, 2.05) is 11.8 Å². The molecule has 2 aliphatic rings. The molecule has 2 heterocycles. The highest BCUT2D eigenvalue weighted by molar-refractivity contribution is 7.92. The average Bonchev–Trinajstić information content (AvgIpc) is 2.84. The first kappa shape index (κ1) is 24.7. The standard InChI is InChI=1S/C25H35N3O5S/c1-19-10-7-8-15-26(19)23(29)18-28-22-14-6-5-13-21(22)24(30)27(25(28)31)16-9-17-34(32,33)20-11-3-2-4-12-20/h5-6,13-14,19-20H,2-4,7-12,15-18H2,1H3/t19-/m1/s1. The lowest BCUT2D eigenvalue weighted by molar-refractivity contribution is -0.135. The van der Waals surface area contributed by atoms with Gasteiger partial charge in [0.15, 0.2) is 9.84 Å². The molecule has 1 aliphatic heterocycles. The smallest absolute Gasteiger partial charge is 0.331 e. The fourth-order valence-electron chi connectivity index (χ4n) is 5.43. The van der Waals surface area contributed by atoms with Crippen molar-refractivity contribution in [1.29, 1.82) is 0 Å². The summed E-state index contributed by atoms with van der Waals surface area (Å²) in [7, 11) is -3.26. The number of likely N-dealkylation sites (tertiary alicyclic amines) is 1. The number of para-hydroxylation sites is 1. The second-order valence-electron chi connectivity index (χ2n) is 9.76. The van der Waals surface area contributed by atoms with Crippen molar-refractivity contribution in [3.05, 3.63) is 45.1 Å². The number of rotatable bonds is 7. The number of benzene rings is 1. The van der Waals surface area contributed by atoms with E-state index in [2.05, 4.69) is 0 Å². The average molecular weight is 490 g/mol. The van der Waals surface area contributed by atoms with Gasteiger partial charge in [0.1, 0.15) is 6.54 Å². The van der Waals surface area contributed by atoms with Gasteiger partial charge < -0.3 is 4.90 Å². The maximum atomic E-state index is 13.4. The van der Waals surface area contributed by atoms with E-state index in [0.29, 0.717) is 30.3 Å². The fourth-order valence-corrected chi connectivity index (χ4v) is 7.35. The highest BCUT2D eigenvalue weighted by Gasteiger charge is 2.27. The first-order valence-electron chi connectivity index (χ1n) is 12.5. The van der Waals surface area contributed by atoms with Gasteiger partial charge in [0.2, 0.25) is 5.91 Å². The molecule has 0 unspecified atom stereocenters. The summed E-state index contributed by atoms with van der Waals surface area (Å²) < 4.78 is 28.0. The van der Waals surface area contributed by atoms with Gasteiger partial charge >= 0.3 is 5.69 Å². The monoisotopic (exact) mass is 489 g/mol. The fraction of sp³-hybridized carbons (Fsp3) is 0.640. The van der Waals surface area contributed by atoms with Crippen LogP contribution in [0.5, 0.6) is 0 Å². The molecule has 0 bridgehead atoms. The predicted octanol–water partition coefficient (Wildman–Crippen LogP) is 2.70. The van der Waals surface area contributed by atoms with Crippen molar-refractivity contribution >= 4 is 26.6 Å². The summed E-state index contributed by atoms with van der Waals surface area (Å²) in [5.74, 6) is -0.176. The Balaban J connectivity index is 1.59. The van der Waals surface area contributed by atoms with Crippen LogP contribution in [-0.4, -0.2) is 51.9 Å². The molecule has 0 N–H and O–H groups in total. The zero-order chi connectivity index (χ0) is 24.3. The van der Waals surface area contributed by atoms with E-state index in [4.69, 9.17) is 0 Å². The molecule has 1 atom stereocenters. The Morgan fingerprint density at radius 2 is 1.68 bits per heavy atom. The van der Waals surface area contributed by atoms with Gasteiger partial charge in [-0.25, -0.2) is 13.2 Å². The second kappa shape index (κ2) is 10.5. The summed E-state index contributed by atoms with van der Waals surface area (Å²) in [6, 6.07) is 6.93. The Morgan fingerprint density at radius 3 is 2.41 bits per heavy atom. The summed E-state index contributed by atoms with van der Waals surface area (Å²) in [5.41, 5.74) is -0.566. The molecule has 0 spiro atoms. The van der Waals surface area contributed by atoms with Gasteiger partial charge in [0, 0.05) is 19.1 Å². The highest BCUT2D eigenvalue weighted by Crippen LogP contribution is 2.24. The van der Waals surface area contributed by atoms with Crippen LogP contribution in [0.2, 0.25) is 0 Å². The molecule has 34 heavy (non-hydrogen) atoms. The summed E-state index contributed by atoms with van der Waals surface area (Å²) in [6.45, 7) is 2.57. The third-order valence-electron chi connectivity index (χ3n) is 7.42. The molecule has 9 heteroatoms. The van der Waals surface area contributed by atoms with Gasteiger partial charge in [-0.2, -0.15) is 0 Å². The Labute approximate surface area is 200 Å². The van der Waals surface area contributed by atoms with E-state index >= 15 is 0 Å². The molecule has 1 amide bonds. The summed E-state index contributed by atoms with van der Waals surface area (Å²) >= 11 is 0. The van der Waals surface area contributed by atoms with E-state index < -0.39 is 21.1 Å². The molecule has 1 aliphatic carbocycles. The van der Waals surface area contributed by atoms with Gasteiger partial charge in [0.25, 0.3) is 5.56 Å². The minimum atomic E-state index is -3.26. The number of aromatic nitrogens is 2. The number of amides is 1. The maximum Gasteiger partial charge on any atom is 0.331 e. The minimum absolute atomic E-state index is 0.0166.